The number of benzene rings is 1. The molecule has 0 radical (unpaired) electrons. The third kappa shape index (κ3) is 2.43. The van der Waals surface area contributed by atoms with Crippen LogP contribution in [0.1, 0.15) is 37.3 Å². The van der Waals surface area contributed by atoms with E-state index in [0.29, 0.717) is 22.9 Å². The normalized spacial score (nSPS) is 23.1. The van der Waals surface area contributed by atoms with Gasteiger partial charge in [-0.2, -0.15) is 0 Å². The minimum atomic E-state index is 0.326. The molecular weight excluding hydrogens is 250 g/mol. The van der Waals surface area contributed by atoms with E-state index in [0.717, 1.165) is 31.6 Å². The standard InChI is InChI=1S/C14H18ClNO2/c1-17-13-8-9(12-3-2-6-16-12)7-11(15)14(13)18-10-4-5-10/h7-8,10,12,16H,2-6H2,1H3. The lowest BCUT2D eigenvalue weighted by atomic mass is 10.0. The van der Waals surface area contributed by atoms with Gasteiger partial charge in [-0.1, -0.05) is 11.6 Å². The number of nitrogens with one attached hydrogen (secondary N) is 1. The third-order valence-electron chi connectivity index (χ3n) is 3.52. The molecule has 1 unspecified atom stereocenters. The van der Waals surface area contributed by atoms with Crippen LogP contribution in [0.4, 0.5) is 0 Å². The molecule has 18 heavy (non-hydrogen) atoms. The predicted molar refractivity (Wildman–Crippen MR) is 71.6 cm³/mol. The van der Waals surface area contributed by atoms with Crippen molar-refractivity contribution in [2.24, 2.45) is 0 Å². The zero-order chi connectivity index (χ0) is 12.5. The van der Waals surface area contributed by atoms with E-state index in [1.165, 1.54) is 12.0 Å². The Bertz CT molecular complexity index is 440. The molecule has 1 aromatic carbocycles. The second-order valence-electron chi connectivity index (χ2n) is 5.00. The first-order chi connectivity index (χ1) is 8.78. The van der Waals surface area contributed by atoms with Gasteiger partial charge in [0.1, 0.15) is 0 Å². The summed E-state index contributed by atoms with van der Waals surface area (Å²) in [5.41, 5.74) is 1.19. The summed E-state index contributed by atoms with van der Waals surface area (Å²) in [5.74, 6) is 1.45. The van der Waals surface area contributed by atoms with Crippen LogP contribution in [0.3, 0.4) is 0 Å². The van der Waals surface area contributed by atoms with Crippen LogP contribution in [-0.4, -0.2) is 19.8 Å². The van der Waals surface area contributed by atoms with E-state index in [4.69, 9.17) is 21.1 Å². The molecule has 2 fully saturated rings. The Kier molecular flexibility index (Phi) is 3.35. The van der Waals surface area contributed by atoms with E-state index in [2.05, 4.69) is 5.32 Å². The van der Waals surface area contributed by atoms with Crippen LogP contribution in [-0.2, 0) is 0 Å². The van der Waals surface area contributed by atoms with E-state index in [1.54, 1.807) is 7.11 Å². The number of halogens is 1. The predicted octanol–water partition coefficient (Wildman–Crippen LogP) is 3.31. The van der Waals surface area contributed by atoms with Crippen LogP contribution < -0.4 is 14.8 Å². The molecule has 0 spiro atoms. The summed E-state index contributed by atoms with van der Waals surface area (Å²) in [4.78, 5) is 0. The van der Waals surface area contributed by atoms with Crippen LogP contribution in [0.25, 0.3) is 0 Å². The van der Waals surface area contributed by atoms with E-state index in [1.807, 2.05) is 12.1 Å². The Balaban J connectivity index is 1.90. The van der Waals surface area contributed by atoms with Crippen LogP contribution in [0.15, 0.2) is 12.1 Å². The monoisotopic (exact) mass is 267 g/mol. The molecule has 1 atom stereocenters. The van der Waals surface area contributed by atoms with Gasteiger partial charge in [0, 0.05) is 6.04 Å². The van der Waals surface area contributed by atoms with Crippen molar-refractivity contribution in [3.63, 3.8) is 0 Å². The maximum atomic E-state index is 6.33. The van der Waals surface area contributed by atoms with Gasteiger partial charge < -0.3 is 14.8 Å². The van der Waals surface area contributed by atoms with Gasteiger partial charge in [0.15, 0.2) is 11.5 Å². The number of hydrogen-bond acceptors (Lipinski definition) is 3. The highest BCUT2D eigenvalue weighted by Crippen LogP contribution is 2.42. The van der Waals surface area contributed by atoms with E-state index >= 15 is 0 Å². The molecule has 98 valence electrons. The topological polar surface area (TPSA) is 30.5 Å². The van der Waals surface area contributed by atoms with Crippen molar-refractivity contribution in [1.29, 1.82) is 0 Å². The second-order valence-corrected chi connectivity index (χ2v) is 5.41. The fourth-order valence-corrected chi connectivity index (χ4v) is 2.64. The second kappa shape index (κ2) is 4.98. The van der Waals surface area contributed by atoms with Gasteiger partial charge in [0.2, 0.25) is 0 Å². The molecule has 1 heterocycles. The minimum Gasteiger partial charge on any atom is -0.493 e. The molecule has 2 aliphatic rings. The van der Waals surface area contributed by atoms with Crippen molar-refractivity contribution in [3.05, 3.63) is 22.7 Å². The summed E-state index contributed by atoms with van der Waals surface area (Å²) in [7, 11) is 1.66. The van der Waals surface area contributed by atoms with Crippen molar-refractivity contribution >= 4 is 11.6 Å². The molecule has 3 nitrogen and oxygen atoms in total. The number of rotatable bonds is 4. The molecular formula is C14H18ClNO2. The highest BCUT2D eigenvalue weighted by atomic mass is 35.5. The molecule has 1 saturated carbocycles. The van der Waals surface area contributed by atoms with Crippen molar-refractivity contribution in [2.45, 2.75) is 37.8 Å². The fourth-order valence-electron chi connectivity index (χ4n) is 2.38. The van der Waals surface area contributed by atoms with E-state index < -0.39 is 0 Å². The SMILES string of the molecule is COc1cc(C2CCCN2)cc(Cl)c1OC1CC1. The van der Waals surface area contributed by atoms with Crippen LogP contribution >= 0.6 is 11.6 Å². The smallest absolute Gasteiger partial charge is 0.180 e. The van der Waals surface area contributed by atoms with Crippen LogP contribution in [0, 0.1) is 0 Å². The largest absolute Gasteiger partial charge is 0.493 e. The van der Waals surface area contributed by atoms with Gasteiger partial charge in [-0.05, 0) is 49.9 Å². The lowest BCUT2D eigenvalue weighted by Gasteiger charge is -2.17. The Hall–Kier alpha value is -0.930. The van der Waals surface area contributed by atoms with Crippen molar-refractivity contribution in [3.8, 4) is 11.5 Å². The van der Waals surface area contributed by atoms with Crippen LogP contribution in [0.5, 0.6) is 11.5 Å². The molecule has 0 aromatic heterocycles. The summed E-state index contributed by atoms with van der Waals surface area (Å²) in [6.07, 6.45) is 4.93. The lowest BCUT2D eigenvalue weighted by molar-refractivity contribution is 0.282. The first-order valence-corrected chi connectivity index (χ1v) is 6.93. The quantitative estimate of drug-likeness (QED) is 0.908. The third-order valence-corrected chi connectivity index (χ3v) is 3.80. The molecule has 3 rings (SSSR count). The summed E-state index contributed by atoms with van der Waals surface area (Å²) >= 11 is 6.33. The van der Waals surface area contributed by atoms with E-state index in [-0.39, 0.29) is 0 Å². The summed E-state index contributed by atoms with van der Waals surface area (Å²) in [6, 6.07) is 4.45. The molecule has 1 N–H and O–H groups in total. The molecule has 1 aromatic rings. The molecule has 1 aliphatic heterocycles. The highest BCUT2D eigenvalue weighted by molar-refractivity contribution is 6.32. The fraction of sp³-hybridized carbons (Fsp3) is 0.571. The summed E-state index contributed by atoms with van der Waals surface area (Å²) in [6.45, 7) is 1.07. The molecule has 0 amide bonds. The molecule has 1 saturated heterocycles. The van der Waals surface area contributed by atoms with Crippen molar-refractivity contribution in [1.82, 2.24) is 5.32 Å². The zero-order valence-corrected chi connectivity index (χ0v) is 11.3. The van der Waals surface area contributed by atoms with Gasteiger partial charge in [-0.25, -0.2) is 0 Å². The maximum absolute atomic E-state index is 6.33. The summed E-state index contributed by atoms with van der Waals surface area (Å²) < 4.78 is 11.2. The Labute approximate surface area is 112 Å². The van der Waals surface area contributed by atoms with Crippen molar-refractivity contribution in [2.75, 3.05) is 13.7 Å². The van der Waals surface area contributed by atoms with Crippen molar-refractivity contribution < 1.29 is 9.47 Å². The van der Waals surface area contributed by atoms with E-state index in [9.17, 15) is 0 Å². The zero-order valence-electron chi connectivity index (χ0n) is 10.5. The maximum Gasteiger partial charge on any atom is 0.180 e. The number of methoxy groups -OCH3 is 1. The Morgan fingerprint density at radius 2 is 2.11 bits per heavy atom. The van der Waals surface area contributed by atoms with Gasteiger partial charge in [0.05, 0.1) is 18.2 Å². The molecule has 4 heteroatoms. The van der Waals surface area contributed by atoms with Gasteiger partial charge in [0.25, 0.3) is 0 Å². The first kappa shape index (κ1) is 12.1. The Morgan fingerprint density at radius 1 is 1.28 bits per heavy atom. The Morgan fingerprint density at radius 3 is 2.72 bits per heavy atom. The summed E-state index contributed by atoms with van der Waals surface area (Å²) in [5, 5.41) is 4.13. The molecule has 1 aliphatic carbocycles. The first-order valence-electron chi connectivity index (χ1n) is 6.55. The highest BCUT2D eigenvalue weighted by Gasteiger charge is 2.27. The van der Waals surface area contributed by atoms with Gasteiger partial charge in [-0.15, -0.1) is 0 Å². The van der Waals surface area contributed by atoms with Gasteiger partial charge in [-0.3, -0.25) is 0 Å². The minimum absolute atomic E-state index is 0.326. The average molecular weight is 268 g/mol. The average Bonchev–Trinajstić information content (AvgIpc) is 3.02. The van der Waals surface area contributed by atoms with Gasteiger partial charge >= 0.3 is 0 Å². The number of hydrogen-bond donors (Lipinski definition) is 1. The molecule has 0 bridgehead atoms. The van der Waals surface area contributed by atoms with Crippen LogP contribution in [0.2, 0.25) is 5.02 Å². The lowest BCUT2D eigenvalue weighted by Crippen LogP contribution is -2.13. The number of ether oxygens (including phenoxy) is 2.